The molecule has 0 aromatic heterocycles. The number of carbonyl (C=O) groups excluding carboxylic acids is 2. The summed E-state index contributed by atoms with van der Waals surface area (Å²) < 4.78 is 15.5. The van der Waals surface area contributed by atoms with Crippen LogP contribution in [0.5, 0.6) is 11.5 Å². The second-order valence-corrected chi connectivity index (χ2v) is 6.37. The summed E-state index contributed by atoms with van der Waals surface area (Å²) in [5.41, 5.74) is 2.02. The van der Waals surface area contributed by atoms with E-state index in [0.29, 0.717) is 28.8 Å². The molecule has 0 aliphatic heterocycles. The van der Waals surface area contributed by atoms with Crippen LogP contribution < -0.4 is 14.8 Å². The van der Waals surface area contributed by atoms with E-state index < -0.39 is 18.5 Å². The molecule has 2 aromatic carbocycles. The van der Waals surface area contributed by atoms with E-state index in [1.54, 1.807) is 55.5 Å². The second-order valence-electron chi connectivity index (χ2n) is 5.96. The van der Waals surface area contributed by atoms with Gasteiger partial charge in [0.1, 0.15) is 18.1 Å². The number of hydrogen-bond donors (Lipinski definition) is 1. The molecule has 1 amide bonds. The molecule has 7 heteroatoms. The Morgan fingerprint density at radius 2 is 1.93 bits per heavy atom. The van der Waals surface area contributed by atoms with Crippen LogP contribution in [0.3, 0.4) is 0 Å². The molecule has 0 saturated heterocycles. The predicted molar refractivity (Wildman–Crippen MR) is 113 cm³/mol. The van der Waals surface area contributed by atoms with Crippen LogP contribution in [0.25, 0.3) is 6.08 Å². The van der Waals surface area contributed by atoms with E-state index in [-0.39, 0.29) is 0 Å². The first-order valence-electron chi connectivity index (χ1n) is 8.75. The van der Waals surface area contributed by atoms with Crippen molar-refractivity contribution in [2.75, 3.05) is 25.6 Å². The number of amides is 1. The van der Waals surface area contributed by atoms with E-state index in [1.807, 2.05) is 0 Å². The molecule has 0 aliphatic carbocycles. The molecule has 0 fully saturated rings. The van der Waals surface area contributed by atoms with Crippen molar-refractivity contribution in [1.29, 1.82) is 0 Å². The first kappa shape index (κ1) is 22.0. The largest absolute Gasteiger partial charge is 0.495 e. The van der Waals surface area contributed by atoms with Gasteiger partial charge in [-0.3, -0.25) is 4.79 Å². The monoisotopic (exact) mass is 415 g/mol. The summed E-state index contributed by atoms with van der Waals surface area (Å²) in [7, 11) is 1.47. The third kappa shape index (κ3) is 7.01. The number of nitrogens with one attached hydrogen (secondary N) is 1. The van der Waals surface area contributed by atoms with Crippen LogP contribution in [0.15, 0.2) is 55.1 Å². The highest BCUT2D eigenvalue weighted by molar-refractivity contribution is 6.31. The van der Waals surface area contributed by atoms with E-state index in [0.717, 1.165) is 11.1 Å². The van der Waals surface area contributed by atoms with Gasteiger partial charge in [-0.05, 0) is 42.3 Å². The fourth-order valence-corrected chi connectivity index (χ4v) is 2.45. The number of aryl methyl sites for hydroxylation is 1. The molecular weight excluding hydrogens is 394 g/mol. The van der Waals surface area contributed by atoms with E-state index in [2.05, 4.69) is 11.9 Å². The summed E-state index contributed by atoms with van der Waals surface area (Å²) in [6.07, 6.45) is 4.49. The highest BCUT2D eigenvalue weighted by atomic mass is 35.5. The predicted octanol–water partition coefficient (Wildman–Crippen LogP) is 4.42. The van der Waals surface area contributed by atoms with Crippen molar-refractivity contribution in [2.45, 2.75) is 6.92 Å². The van der Waals surface area contributed by atoms with Crippen LogP contribution in [0, 0.1) is 6.92 Å². The summed E-state index contributed by atoms with van der Waals surface area (Å²) in [4.78, 5) is 23.9. The summed E-state index contributed by atoms with van der Waals surface area (Å²) in [5, 5.41) is 3.16. The molecule has 2 rings (SSSR count). The fraction of sp³-hybridized carbons (Fsp3) is 0.182. The van der Waals surface area contributed by atoms with E-state index >= 15 is 0 Å². The maximum absolute atomic E-state index is 12.1. The van der Waals surface area contributed by atoms with Crippen molar-refractivity contribution in [3.63, 3.8) is 0 Å². The second kappa shape index (κ2) is 10.9. The van der Waals surface area contributed by atoms with Crippen molar-refractivity contribution in [1.82, 2.24) is 0 Å². The molecule has 2 aromatic rings. The lowest BCUT2D eigenvalue weighted by Gasteiger charge is -2.12. The average Bonchev–Trinajstić information content (AvgIpc) is 2.72. The van der Waals surface area contributed by atoms with Crippen LogP contribution in [-0.4, -0.2) is 32.2 Å². The van der Waals surface area contributed by atoms with Gasteiger partial charge < -0.3 is 19.5 Å². The molecule has 1 N–H and O–H groups in total. The normalized spacial score (nSPS) is 10.4. The van der Waals surface area contributed by atoms with Gasteiger partial charge in [0.15, 0.2) is 6.61 Å². The Bertz CT molecular complexity index is 906. The standard InChI is InChI=1S/C22H22ClNO5/c1-4-11-28-17-8-5-16(6-9-17)7-10-22(26)29-14-21(25)24-19-12-15(2)18(23)13-20(19)27-3/h4-10,12-13H,1,11,14H2,2-3H3,(H,24,25)/b10-7+. The Morgan fingerprint density at radius 3 is 2.59 bits per heavy atom. The lowest BCUT2D eigenvalue weighted by atomic mass is 10.2. The quantitative estimate of drug-likeness (QED) is 0.373. The first-order valence-corrected chi connectivity index (χ1v) is 9.13. The maximum atomic E-state index is 12.1. The summed E-state index contributed by atoms with van der Waals surface area (Å²) in [6.45, 7) is 5.38. The van der Waals surface area contributed by atoms with Crippen molar-refractivity contribution >= 4 is 35.2 Å². The van der Waals surface area contributed by atoms with Gasteiger partial charge >= 0.3 is 5.97 Å². The molecular formula is C22H22ClNO5. The molecule has 0 unspecified atom stereocenters. The number of esters is 1. The van der Waals surface area contributed by atoms with Crippen LogP contribution >= 0.6 is 11.6 Å². The number of rotatable bonds is 9. The number of benzene rings is 2. The maximum Gasteiger partial charge on any atom is 0.331 e. The minimum Gasteiger partial charge on any atom is -0.495 e. The van der Waals surface area contributed by atoms with Crippen molar-refractivity contribution < 1.29 is 23.8 Å². The van der Waals surface area contributed by atoms with Crippen LogP contribution in [0.2, 0.25) is 5.02 Å². The van der Waals surface area contributed by atoms with Gasteiger partial charge in [-0.25, -0.2) is 4.79 Å². The molecule has 0 saturated carbocycles. The SMILES string of the molecule is C=CCOc1ccc(/C=C/C(=O)OCC(=O)Nc2cc(C)c(Cl)cc2OC)cc1. The Labute approximate surface area is 174 Å². The van der Waals surface area contributed by atoms with Crippen molar-refractivity contribution in [3.05, 3.63) is 71.3 Å². The van der Waals surface area contributed by atoms with E-state index in [1.165, 1.54) is 13.2 Å². The minimum atomic E-state index is -0.633. The lowest BCUT2D eigenvalue weighted by Crippen LogP contribution is -2.20. The molecule has 0 bridgehead atoms. The topological polar surface area (TPSA) is 73.9 Å². The highest BCUT2D eigenvalue weighted by Gasteiger charge is 2.11. The van der Waals surface area contributed by atoms with Gasteiger partial charge in [0.25, 0.3) is 5.91 Å². The summed E-state index contributed by atoms with van der Waals surface area (Å²) >= 11 is 6.04. The van der Waals surface area contributed by atoms with Gasteiger partial charge in [0.2, 0.25) is 0 Å². The summed E-state index contributed by atoms with van der Waals surface area (Å²) in [6, 6.07) is 10.4. The first-order chi connectivity index (χ1) is 13.9. The van der Waals surface area contributed by atoms with Gasteiger partial charge in [-0.2, -0.15) is 0 Å². The van der Waals surface area contributed by atoms with Crippen LogP contribution in [0.1, 0.15) is 11.1 Å². The Balaban J connectivity index is 1.85. The van der Waals surface area contributed by atoms with Crippen molar-refractivity contribution in [3.8, 4) is 11.5 Å². The zero-order valence-electron chi connectivity index (χ0n) is 16.2. The third-order valence-electron chi connectivity index (χ3n) is 3.76. The molecule has 0 heterocycles. The zero-order valence-corrected chi connectivity index (χ0v) is 17.0. The Kier molecular flexibility index (Phi) is 8.30. The van der Waals surface area contributed by atoms with E-state index in [4.69, 9.17) is 25.8 Å². The number of hydrogen-bond acceptors (Lipinski definition) is 5. The summed E-state index contributed by atoms with van der Waals surface area (Å²) in [5.74, 6) is -0.00303. The minimum absolute atomic E-state index is 0.417. The van der Waals surface area contributed by atoms with Gasteiger partial charge in [0.05, 0.1) is 12.8 Å². The van der Waals surface area contributed by atoms with E-state index in [9.17, 15) is 9.59 Å². The Hall–Kier alpha value is -3.25. The van der Waals surface area contributed by atoms with Crippen LogP contribution in [0.4, 0.5) is 5.69 Å². The molecule has 0 aliphatic rings. The zero-order chi connectivity index (χ0) is 21.2. The lowest BCUT2D eigenvalue weighted by molar-refractivity contribution is -0.142. The van der Waals surface area contributed by atoms with Gasteiger partial charge in [-0.1, -0.05) is 36.4 Å². The number of anilines is 1. The molecule has 0 spiro atoms. The highest BCUT2D eigenvalue weighted by Crippen LogP contribution is 2.30. The molecule has 6 nitrogen and oxygen atoms in total. The molecule has 29 heavy (non-hydrogen) atoms. The molecule has 0 atom stereocenters. The number of methoxy groups -OCH3 is 1. The number of halogens is 1. The third-order valence-corrected chi connectivity index (χ3v) is 4.17. The molecule has 152 valence electrons. The van der Waals surface area contributed by atoms with Gasteiger partial charge in [0, 0.05) is 17.2 Å². The van der Waals surface area contributed by atoms with Crippen molar-refractivity contribution in [2.24, 2.45) is 0 Å². The van der Waals surface area contributed by atoms with Crippen LogP contribution in [-0.2, 0) is 14.3 Å². The number of carbonyl (C=O) groups is 2. The van der Waals surface area contributed by atoms with Gasteiger partial charge in [-0.15, -0.1) is 0 Å². The fourth-order valence-electron chi connectivity index (χ4n) is 2.30. The average molecular weight is 416 g/mol. The Morgan fingerprint density at radius 1 is 1.21 bits per heavy atom. The molecule has 0 radical (unpaired) electrons. The smallest absolute Gasteiger partial charge is 0.331 e. The number of ether oxygens (including phenoxy) is 3.